The fourth-order valence-corrected chi connectivity index (χ4v) is 5.16. The Hall–Kier alpha value is -3.36. The van der Waals surface area contributed by atoms with Crippen LogP contribution in [0.25, 0.3) is 0 Å². The number of ether oxygens (including phenoxy) is 1. The molecule has 15 heteroatoms. The van der Waals surface area contributed by atoms with Gasteiger partial charge in [-0.1, -0.05) is 5.10 Å². The number of hydrogen-bond donors (Lipinski definition) is 2. The van der Waals surface area contributed by atoms with Crippen LogP contribution in [-0.2, 0) is 33.8 Å². The Morgan fingerprint density at radius 2 is 2.04 bits per heavy atom. The van der Waals surface area contributed by atoms with Crippen LogP contribution in [0.15, 0.2) is 11.3 Å². The molecule has 28 heavy (non-hydrogen) atoms. The van der Waals surface area contributed by atoms with Crippen molar-refractivity contribution in [3.05, 3.63) is 11.3 Å². The quantitative estimate of drug-likeness (QED) is 0.379. The van der Waals surface area contributed by atoms with Crippen LogP contribution in [0.4, 0.5) is 5.95 Å². The minimum atomic E-state index is -4.13. The van der Waals surface area contributed by atoms with Crippen molar-refractivity contribution in [1.29, 1.82) is 0 Å². The number of aromatic amines is 1. The number of β-lactam (4-membered cyclic amide) rings is 1. The first-order valence-corrected chi connectivity index (χ1v) is 9.44. The summed E-state index contributed by atoms with van der Waals surface area (Å²) in [6, 6.07) is -1.55. The van der Waals surface area contributed by atoms with E-state index in [0.29, 0.717) is 4.90 Å². The largest absolute Gasteiger partial charge is 0.477 e. The zero-order chi connectivity index (χ0) is 20.8. The summed E-state index contributed by atoms with van der Waals surface area (Å²) in [5, 5.41) is 20.4. The summed E-state index contributed by atoms with van der Waals surface area (Å²) in [7, 11) is -4.13. The Kier molecular flexibility index (Phi) is 4.62. The summed E-state index contributed by atoms with van der Waals surface area (Å²) >= 11 is 0. The molecule has 1 aromatic heterocycles. The molecule has 2 aliphatic heterocycles. The van der Waals surface area contributed by atoms with Gasteiger partial charge in [-0.25, -0.2) is 13.2 Å². The number of carboxylic acid groups (broad SMARTS) is 1. The van der Waals surface area contributed by atoms with Gasteiger partial charge in [-0.15, -0.1) is 5.10 Å². The fraction of sp³-hybridized carbons (Fsp3) is 0.462. The lowest BCUT2D eigenvalue weighted by molar-refractivity contribution is -0.149. The van der Waals surface area contributed by atoms with Crippen LogP contribution in [0, 0.1) is 0 Å². The molecule has 0 aliphatic carbocycles. The van der Waals surface area contributed by atoms with Crippen molar-refractivity contribution in [3.8, 4) is 0 Å². The number of aliphatic carboxylic acids is 1. The summed E-state index contributed by atoms with van der Waals surface area (Å²) in [5.41, 5.74) is -0.848. The Bertz CT molecular complexity index is 1000. The topological polar surface area (TPSA) is 193 Å². The van der Waals surface area contributed by atoms with Crippen LogP contribution in [0.2, 0.25) is 0 Å². The van der Waals surface area contributed by atoms with Gasteiger partial charge in [0.2, 0.25) is 5.91 Å². The number of esters is 1. The Labute approximate surface area is 157 Å². The molecule has 1 fully saturated rings. The lowest BCUT2D eigenvalue weighted by Crippen LogP contribution is -2.75. The first kappa shape index (κ1) is 19.4. The minimum Gasteiger partial charge on any atom is -0.477 e. The molecule has 3 heterocycles. The fourth-order valence-electron chi connectivity index (χ4n) is 3.12. The number of anilines is 1. The van der Waals surface area contributed by atoms with Crippen LogP contribution in [0.3, 0.4) is 0 Å². The Morgan fingerprint density at radius 1 is 1.36 bits per heavy atom. The third-order valence-electron chi connectivity index (χ3n) is 4.15. The zero-order valence-electron chi connectivity index (χ0n) is 14.5. The second kappa shape index (κ2) is 6.66. The maximum atomic E-state index is 12.8. The summed E-state index contributed by atoms with van der Waals surface area (Å²) in [4.78, 5) is 48.7. The van der Waals surface area contributed by atoms with E-state index in [-0.39, 0.29) is 11.5 Å². The van der Waals surface area contributed by atoms with Gasteiger partial charge in [0.1, 0.15) is 12.3 Å². The van der Waals surface area contributed by atoms with Crippen LogP contribution in [0.5, 0.6) is 0 Å². The molecule has 0 bridgehead atoms. The second-order valence-electron chi connectivity index (χ2n) is 5.99. The first-order chi connectivity index (χ1) is 13.1. The summed E-state index contributed by atoms with van der Waals surface area (Å²) in [5.74, 6) is -5.09. The van der Waals surface area contributed by atoms with Crippen LogP contribution in [0.1, 0.15) is 13.8 Å². The number of carbonyl (C=O) groups excluding carboxylic acids is 3. The monoisotopic (exact) mass is 414 g/mol. The van der Waals surface area contributed by atoms with Crippen molar-refractivity contribution in [2.45, 2.75) is 25.3 Å². The van der Waals surface area contributed by atoms with Crippen LogP contribution in [-0.4, -0.2) is 86.6 Å². The number of rotatable bonds is 5. The molecule has 0 unspecified atom stereocenters. The van der Waals surface area contributed by atoms with E-state index in [2.05, 4.69) is 20.6 Å². The van der Waals surface area contributed by atoms with E-state index in [1.807, 2.05) is 0 Å². The summed E-state index contributed by atoms with van der Waals surface area (Å²) in [6.45, 7) is 1.54. The van der Waals surface area contributed by atoms with Gasteiger partial charge in [0.25, 0.3) is 11.9 Å². The number of aromatic nitrogens is 4. The number of carbonyl (C=O) groups is 4. The van der Waals surface area contributed by atoms with Crippen LogP contribution >= 0.6 is 0 Å². The molecule has 2 amide bonds. The van der Waals surface area contributed by atoms with Crippen molar-refractivity contribution >= 4 is 39.5 Å². The molecular weight excluding hydrogens is 400 g/mol. The number of amides is 2. The maximum Gasteiger partial charge on any atom is 0.352 e. The van der Waals surface area contributed by atoms with Gasteiger partial charge in [-0.2, -0.15) is 5.21 Å². The second-order valence-corrected chi connectivity index (χ2v) is 8.09. The van der Waals surface area contributed by atoms with Gasteiger partial charge in [0.05, 0.1) is 5.75 Å². The van der Waals surface area contributed by atoms with Gasteiger partial charge in [-0.3, -0.25) is 24.2 Å². The highest BCUT2D eigenvalue weighted by Crippen LogP contribution is 2.40. The van der Waals surface area contributed by atoms with E-state index in [0.717, 1.165) is 18.7 Å². The van der Waals surface area contributed by atoms with Gasteiger partial charge in [-0.05, 0) is 5.21 Å². The van der Waals surface area contributed by atoms with E-state index < -0.39 is 63.1 Å². The van der Waals surface area contributed by atoms with Crippen LogP contribution < -0.4 is 4.90 Å². The number of tetrazole rings is 1. The summed E-state index contributed by atoms with van der Waals surface area (Å²) in [6.07, 6.45) is 0. The highest BCUT2D eigenvalue weighted by molar-refractivity contribution is 7.92. The summed E-state index contributed by atoms with van der Waals surface area (Å²) < 4.78 is 30.2. The highest BCUT2D eigenvalue weighted by atomic mass is 32.2. The predicted molar refractivity (Wildman–Crippen MR) is 86.8 cm³/mol. The number of nitrogens with one attached hydrogen (secondary N) is 1. The SMILES string of the molecule is CC(=O)OCC1=C(C(=O)O)N2C(=O)[C@@H](N(C(C)=O)c3nn[nH]n3)[C@H]2S(=O)(=O)C1. The lowest BCUT2D eigenvalue weighted by atomic mass is 10.0. The average Bonchev–Trinajstić information content (AvgIpc) is 3.10. The van der Waals surface area contributed by atoms with E-state index >= 15 is 0 Å². The van der Waals surface area contributed by atoms with E-state index in [1.54, 1.807) is 0 Å². The maximum absolute atomic E-state index is 12.8. The third kappa shape index (κ3) is 2.98. The molecule has 2 aliphatic rings. The van der Waals surface area contributed by atoms with Crippen molar-refractivity contribution in [2.75, 3.05) is 17.3 Å². The van der Waals surface area contributed by atoms with E-state index in [1.165, 1.54) is 0 Å². The van der Waals surface area contributed by atoms with Crippen molar-refractivity contribution in [1.82, 2.24) is 25.5 Å². The molecule has 0 spiro atoms. The molecule has 150 valence electrons. The number of carboxylic acids is 1. The van der Waals surface area contributed by atoms with Gasteiger partial charge < -0.3 is 9.84 Å². The lowest BCUT2D eigenvalue weighted by Gasteiger charge is -2.51. The molecular formula is C13H14N6O8S. The van der Waals surface area contributed by atoms with Crippen molar-refractivity contribution in [3.63, 3.8) is 0 Å². The molecule has 14 nitrogen and oxygen atoms in total. The smallest absolute Gasteiger partial charge is 0.352 e. The minimum absolute atomic E-state index is 0.250. The molecule has 3 rings (SSSR count). The molecule has 1 saturated heterocycles. The predicted octanol–water partition coefficient (Wildman–Crippen LogP) is -2.58. The molecule has 2 atom stereocenters. The standard InChI is InChI=1S/C13H14N6O8S/c1-5(20)18(13-14-16-17-15-13)9-10(22)19-8(12(23)24)7(3-27-6(2)21)4-28(25,26)11(9)19/h9,11H,3-4H2,1-2H3,(H,23,24)(H,14,15,16,17)/t9-,11-/m1/s1. The van der Waals surface area contributed by atoms with E-state index in [4.69, 9.17) is 4.74 Å². The number of hydrogen-bond acceptors (Lipinski definition) is 10. The number of fused-ring (bicyclic) bond motifs is 1. The zero-order valence-corrected chi connectivity index (χ0v) is 15.3. The Balaban J connectivity index is 2.06. The Morgan fingerprint density at radius 3 is 2.54 bits per heavy atom. The van der Waals surface area contributed by atoms with Gasteiger partial charge >= 0.3 is 11.9 Å². The average molecular weight is 414 g/mol. The number of sulfone groups is 1. The van der Waals surface area contributed by atoms with Gasteiger partial charge in [0, 0.05) is 19.4 Å². The molecule has 1 aromatic rings. The third-order valence-corrected chi connectivity index (χ3v) is 6.11. The highest BCUT2D eigenvalue weighted by Gasteiger charge is 2.63. The van der Waals surface area contributed by atoms with E-state index in [9.17, 15) is 32.7 Å². The molecule has 0 radical (unpaired) electrons. The molecule has 2 N–H and O–H groups in total. The van der Waals surface area contributed by atoms with Crippen molar-refractivity contribution < 1.29 is 37.4 Å². The number of H-pyrrole nitrogens is 1. The number of nitrogens with zero attached hydrogens (tertiary/aromatic N) is 5. The normalized spacial score (nSPS) is 22.9. The van der Waals surface area contributed by atoms with Gasteiger partial charge in [0.15, 0.2) is 21.3 Å². The molecule has 0 saturated carbocycles. The van der Waals surface area contributed by atoms with Crippen molar-refractivity contribution in [2.24, 2.45) is 0 Å². The molecule has 0 aromatic carbocycles. The first-order valence-electron chi connectivity index (χ1n) is 7.72.